The summed E-state index contributed by atoms with van der Waals surface area (Å²) in [5.74, 6) is 1.65. The van der Waals surface area contributed by atoms with Gasteiger partial charge in [0.2, 0.25) is 0 Å². The van der Waals surface area contributed by atoms with Gasteiger partial charge in [0.1, 0.15) is 5.82 Å². The van der Waals surface area contributed by atoms with Crippen LogP contribution in [0.4, 0.5) is 0 Å². The number of imidazole rings is 1. The number of aryl methyl sites for hydroxylation is 2. The number of aliphatic hydroxyl groups is 1. The lowest BCUT2D eigenvalue weighted by molar-refractivity contribution is 0.196. The smallest absolute Gasteiger partial charge is 0.111 e. The van der Waals surface area contributed by atoms with Gasteiger partial charge in [-0.25, -0.2) is 4.98 Å². The summed E-state index contributed by atoms with van der Waals surface area (Å²) >= 11 is 1.70. The molecule has 0 aliphatic heterocycles. The Balaban J connectivity index is 1.88. The number of thioether (sulfide) groups is 1. The molecule has 0 fully saturated rings. The van der Waals surface area contributed by atoms with Crippen molar-refractivity contribution in [2.75, 3.05) is 5.75 Å². The van der Waals surface area contributed by atoms with Gasteiger partial charge < -0.3 is 9.67 Å². The van der Waals surface area contributed by atoms with Crippen molar-refractivity contribution < 1.29 is 5.11 Å². The van der Waals surface area contributed by atoms with E-state index in [1.54, 1.807) is 18.0 Å². The molecule has 0 saturated heterocycles. The maximum absolute atomic E-state index is 10.1. The minimum Gasteiger partial charge on any atom is -0.392 e. The lowest BCUT2D eigenvalue weighted by Crippen LogP contribution is -2.17. The maximum Gasteiger partial charge on any atom is 0.111 e. The third-order valence-electron chi connectivity index (χ3n) is 3.09. The fourth-order valence-corrected chi connectivity index (χ4v) is 2.95. The summed E-state index contributed by atoms with van der Waals surface area (Å²) in [6.45, 7) is 5.07. The van der Waals surface area contributed by atoms with Crippen LogP contribution in [0.15, 0.2) is 41.6 Å². The lowest BCUT2D eigenvalue weighted by atomic mass is 10.2. The fraction of sp³-hybridized carbons (Fsp3) is 0.400. The molecule has 1 aromatic carbocycles. The largest absolute Gasteiger partial charge is 0.392 e. The van der Waals surface area contributed by atoms with E-state index in [1.807, 2.05) is 18.3 Å². The first-order chi connectivity index (χ1) is 9.20. The quantitative estimate of drug-likeness (QED) is 0.824. The highest BCUT2D eigenvalue weighted by molar-refractivity contribution is 7.99. The van der Waals surface area contributed by atoms with Crippen molar-refractivity contribution in [1.82, 2.24) is 9.55 Å². The molecule has 4 heteroatoms. The van der Waals surface area contributed by atoms with Crippen LogP contribution in [0.5, 0.6) is 0 Å². The summed E-state index contributed by atoms with van der Waals surface area (Å²) in [5.41, 5.74) is 1.26. The van der Waals surface area contributed by atoms with Crippen LogP contribution in [0.3, 0.4) is 0 Å². The number of rotatable bonds is 6. The maximum atomic E-state index is 10.1. The molecule has 102 valence electrons. The first kappa shape index (κ1) is 14.2. The number of hydrogen-bond donors (Lipinski definition) is 1. The molecule has 0 amide bonds. The third kappa shape index (κ3) is 3.85. The van der Waals surface area contributed by atoms with Crippen molar-refractivity contribution in [2.45, 2.75) is 37.8 Å². The number of aliphatic hydroxyl groups excluding tert-OH is 1. The second-order valence-electron chi connectivity index (χ2n) is 4.56. The molecule has 0 aliphatic carbocycles. The molecule has 0 spiro atoms. The molecular formula is C15H20N2OS. The molecule has 2 rings (SSSR count). The Hall–Kier alpha value is -1.26. The van der Waals surface area contributed by atoms with Crippen molar-refractivity contribution in [3.8, 4) is 0 Å². The standard InChI is InChI=1S/C15H20N2OS/c1-3-17-9-8-16-15(17)10-13(18)11-19-14-7-5-4-6-12(14)2/h4-9,13,18H,3,10-11H2,1-2H3. The summed E-state index contributed by atoms with van der Waals surface area (Å²) in [6, 6.07) is 8.26. The first-order valence-electron chi connectivity index (χ1n) is 6.57. The van der Waals surface area contributed by atoms with E-state index in [1.165, 1.54) is 10.5 Å². The molecule has 1 atom stereocenters. The Kier molecular flexibility index (Phi) is 5.05. The van der Waals surface area contributed by atoms with Gasteiger partial charge in [-0.1, -0.05) is 18.2 Å². The molecule has 0 saturated carbocycles. The van der Waals surface area contributed by atoms with Crippen molar-refractivity contribution in [3.05, 3.63) is 48.0 Å². The van der Waals surface area contributed by atoms with Gasteiger partial charge in [0.05, 0.1) is 6.10 Å². The Morgan fingerprint density at radius 1 is 1.37 bits per heavy atom. The van der Waals surface area contributed by atoms with E-state index in [2.05, 4.69) is 35.5 Å². The molecular weight excluding hydrogens is 256 g/mol. The van der Waals surface area contributed by atoms with Crippen LogP contribution in [-0.2, 0) is 13.0 Å². The molecule has 1 heterocycles. The summed E-state index contributed by atoms with van der Waals surface area (Å²) < 4.78 is 2.07. The van der Waals surface area contributed by atoms with Crippen molar-refractivity contribution in [3.63, 3.8) is 0 Å². The predicted molar refractivity (Wildman–Crippen MR) is 79.5 cm³/mol. The van der Waals surface area contributed by atoms with Gasteiger partial charge in [0.25, 0.3) is 0 Å². The Bertz CT molecular complexity index is 524. The number of benzene rings is 1. The second kappa shape index (κ2) is 6.78. The first-order valence-corrected chi connectivity index (χ1v) is 7.55. The van der Waals surface area contributed by atoms with Gasteiger partial charge in [-0.3, -0.25) is 0 Å². The second-order valence-corrected chi connectivity index (χ2v) is 5.63. The van der Waals surface area contributed by atoms with Crippen LogP contribution in [0.1, 0.15) is 18.3 Å². The molecule has 0 aliphatic rings. The Labute approximate surface area is 118 Å². The van der Waals surface area contributed by atoms with E-state index >= 15 is 0 Å². The van der Waals surface area contributed by atoms with Crippen LogP contribution >= 0.6 is 11.8 Å². The van der Waals surface area contributed by atoms with Crippen LogP contribution in [0.2, 0.25) is 0 Å². The SMILES string of the molecule is CCn1ccnc1CC(O)CSc1ccccc1C. The molecule has 2 aromatic rings. The summed E-state index contributed by atoms with van der Waals surface area (Å²) in [7, 11) is 0. The van der Waals surface area contributed by atoms with Crippen LogP contribution in [-0.4, -0.2) is 26.5 Å². The lowest BCUT2D eigenvalue weighted by Gasteiger charge is -2.12. The predicted octanol–water partition coefficient (Wildman–Crippen LogP) is 2.91. The normalized spacial score (nSPS) is 12.6. The Morgan fingerprint density at radius 3 is 2.89 bits per heavy atom. The zero-order valence-corrected chi connectivity index (χ0v) is 12.2. The highest BCUT2D eigenvalue weighted by Crippen LogP contribution is 2.23. The molecule has 1 N–H and O–H groups in total. The molecule has 1 aromatic heterocycles. The minimum atomic E-state index is -0.364. The van der Waals surface area contributed by atoms with E-state index in [-0.39, 0.29) is 6.10 Å². The average molecular weight is 276 g/mol. The van der Waals surface area contributed by atoms with Crippen LogP contribution in [0, 0.1) is 6.92 Å². The monoisotopic (exact) mass is 276 g/mol. The summed E-state index contributed by atoms with van der Waals surface area (Å²) in [6.07, 6.45) is 3.99. The topological polar surface area (TPSA) is 38.0 Å². The van der Waals surface area contributed by atoms with Gasteiger partial charge in [-0.05, 0) is 25.5 Å². The molecule has 0 bridgehead atoms. The summed E-state index contributed by atoms with van der Waals surface area (Å²) in [5, 5.41) is 10.1. The minimum absolute atomic E-state index is 0.364. The van der Waals surface area contributed by atoms with E-state index in [4.69, 9.17) is 0 Å². The molecule has 1 unspecified atom stereocenters. The molecule has 0 radical (unpaired) electrons. The van der Waals surface area contributed by atoms with Gasteiger partial charge in [0.15, 0.2) is 0 Å². The number of hydrogen-bond acceptors (Lipinski definition) is 3. The van der Waals surface area contributed by atoms with Gasteiger partial charge in [-0.2, -0.15) is 0 Å². The van der Waals surface area contributed by atoms with Crippen LogP contribution < -0.4 is 0 Å². The number of nitrogens with zero attached hydrogens (tertiary/aromatic N) is 2. The van der Waals surface area contributed by atoms with Crippen LogP contribution in [0.25, 0.3) is 0 Å². The average Bonchev–Trinajstić information content (AvgIpc) is 2.85. The zero-order valence-electron chi connectivity index (χ0n) is 11.4. The van der Waals surface area contributed by atoms with Gasteiger partial charge in [-0.15, -0.1) is 11.8 Å². The van der Waals surface area contributed by atoms with E-state index < -0.39 is 0 Å². The van der Waals surface area contributed by atoms with Crippen molar-refractivity contribution >= 4 is 11.8 Å². The summed E-state index contributed by atoms with van der Waals surface area (Å²) in [4.78, 5) is 5.53. The Morgan fingerprint density at radius 2 is 2.16 bits per heavy atom. The van der Waals surface area contributed by atoms with Crippen molar-refractivity contribution in [2.24, 2.45) is 0 Å². The zero-order chi connectivity index (χ0) is 13.7. The fourth-order valence-electron chi connectivity index (χ4n) is 1.99. The van der Waals surface area contributed by atoms with Gasteiger partial charge >= 0.3 is 0 Å². The molecule has 19 heavy (non-hydrogen) atoms. The highest BCUT2D eigenvalue weighted by atomic mass is 32.2. The van der Waals surface area contributed by atoms with E-state index in [9.17, 15) is 5.11 Å². The molecule has 3 nitrogen and oxygen atoms in total. The number of aromatic nitrogens is 2. The highest BCUT2D eigenvalue weighted by Gasteiger charge is 2.11. The van der Waals surface area contributed by atoms with Gasteiger partial charge in [0, 0.05) is 36.0 Å². The third-order valence-corrected chi connectivity index (χ3v) is 4.41. The van der Waals surface area contributed by atoms with Crippen molar-refractivity contribution in [1.29, 1.82) is 0 Å². The van der Waals surface area contributed by atoms with E-state index in [0.29, 0.717) is 12.2 Å². The van der Waals surface area contributed by atoms with E-state index in [0.717, 1.165) is 12.4 Å².